The molecule has 0 radical (unpaired) electrons. The first-order valence-electron chi connectivity index (χ1n) is 10.1. The predicted molar refractivity (Wildman–Crippen MR) is 104 cm³/mol. The number of hydrogen-bond acceptors (Lipinski definition) is 3. The predicted octanol–water partition coefficient (Wildman–Crippen LogP) is 3.72. The van der Waals surface area contributed by atoms with Crippen molar-refractivity contribution in [2.24, 2.45) is 5.92 Å². The molecule has 1 aliphatic heterocycles. The van der Waals surface area contributed by atoms with E-state index in [9.17, 15) is 14.0 Å². The number of benzene rings is 1. The Balaban J connectivity index is 1.33. The molecule has 0 atom stereocenters. The van der Waals surface area contributed by atoms with Crippen LogP contribution in [0.15, 0.2) is 18.2 Å². The molecule has 0 unspecified atom stereocenters. The Labute approximate surface area is 165 Å². The lowest BCUT2D eigenvalue weighted by Gasteiger charge is -2.47. The zero-order valence-corrected chi connectivity index (χ0v) is 17.0. The Morgan fingerprint density at radius 3 is 2.54 bits per heavy atom. The largest absolute Gasteiger partial charge is 0.447 e. The number of cyclic esters (lactones) is 1. The minimum Gasteiger partial charge on any atom is -0.447 e. The lowest BCUT2D eigenvalue weighted by atomic mass is 9.67. The highest BCUT2D eigenvalue weighted by molar-refractivity contribution is 5.81. The number of nitrogens with one attached hydrogen (secondary N) is 1. The SMILES string of the molecule is CN(C(=O)[C@H]1C[C@]2(COC(=O)N2)C1)[C@H]1C[C@@H](c2ccc(F)c(C(C)(C)C)c2)C1. The third-order valence-corrected chi connectivity index (χ3v) is 6.75. The summed E-state index contributed by atoms with van der Waals surface area (Å²) in [6, 6.07) is 5.68. The molecule has 2 aliphatic carbocycles. The number of halogens is 1. The van der Waals surface area contributed by atoms with Crippen molar-refractivity contribution < 1.29 is 18.7 Å². The van der Waals surface area contributed by atoms with E-state index in [-0.39, 0.29) is 40.7 Å². The molecule has 1 aromatic carbocycles. The number of ether oxygens (including phenoxy) is 1. The van der Waals surface area contributed by atoms with E-state index in [0.29, 0.717) is 25.4 Å². The zero-order valence-electron chi connectivity index (χ0n) is 17.0. The minimum atomic E-state index is -0.380. The Hall–Kier alpha value is -2.11. The van der Waals surface area contributed by atoms with Crippen LogP contribution in [0, 0.1) is 11.7 Å². The van der Waals surface area contributed by atoms with Crippen LogP contribution in [0.4, 0.5) is 9.18 Å². The van der Waals surface area contributed by atoms with E-state index < -0.39 is 0 Å². The summed E-state index contributed by atoms with van der Waals surface area (Å²) in [6.07, 6.45) is 2.76. The molecule has 1 spiro atoms. The molecule has 1 N–H and O–H groups in total. The zero-order chi connectivity index (χ0) is 20.3. The van der Waals surface area contributed by atoms with E-state index >= 15 is 0 Å². The maximum Gasteiger partial charge on any atom is 0.407 e. The van der Waals surface area contributed by atoms with E-state index in [1.54, 1.807) is 6.07 Å². The molecule has 5 nitrogen and oxygen atoms in total. The average molecular weight is 388 g/mol. The highest BCUT2D eigenvalue weighted by Crippen LogP contribution is 2.45. The van der Waals surface area contributed by atoms with E-state index in [1.807, 2.05) is 44.9 Å². The first-order valence-corrected chi connectivity index (χ1v) is 10.1. The van der Waals surface area contributed by atoms with Crippen LogP contribution < -0.4 is 5.32 Å². The van der Waals surface area contributed by atoms with Gasteiger partial charge in [-0.15, -0.1) is 0 Å². The fourth-order valence-electron chi connectivity index (χ4n) is 4.79. The van der Waals surface area contributed by atoms with Crippen LogP contribution in [-0.4, -0.2) is 42.1 Å². The summed E-state index contributed by atoms with van der Waals surface area (Å²) in [5, 5.41) is 2.84. The van der Waals surface area contributed by atoms with Gasteiger partial charge in [0.2, 0.25) is 5.91 Å². The number of alkyl carbamates (subject to hydrolysis) is 1. The number of carbonyl (C=O) groups is 2. The number of rotatable bonds is 3. The van der Waals surface area contributed by atoms with Crippen LogP contribution in [0.2, 0.25) is 0 Å². The molecule has 1 heterocycles. The third-order valence-electron chi connectivity index (χ3n) is 6.75. The molecule has 1 saturated heterocycles. The molecule has 3 fully saturated rings. The first-order chi connectivity index (χ1) is 13.1. The summed E-state index contributed by atoms with van der Waals surface area (Å²) < 4.78 is 19.1. The average Bonchev–Trinajstić information content (AvgIpc) is 2.94. The molecular formula is C22H29FN2O3. The monoisotopic (exact) mass is 388 g/mol. The fourth-order valence-corrected chi connectivity index (χ4v) is 4.79. The van der Waals surface area contributed by atoms with Crippen LogP contribution in [-0.2, 0) is 14.9 Å². The topological polar surface area (TPSA) is 58.6 Å². The van der Waals surface area contributed by atoms with Crippen molar-refractivity contribution in [3.8, 4) is 0 Å². The maximum atomic E-state index is 14.2. The minimum absolute atomic E-state index is 0.0376. The van der Waals surface area contributed by atoms with Crippen LogP contribution >= 0.6 is 0 Å². The summed E-state index contributed by atoms with van der Waals surface area (Å²) in [5.41, 5.74) is 1.36. The molecule has 0 bridgehead atoms. The Morgan fingerprint density at radius 1 is 1.29 bits per heavy atom. The first kappa shape index (κ1) is 19.2. The van der Waals surface area contributed by atoms with Gasteiger partial charge in [-0.05, 0) is 54.2 Å². The summed E-state index contributed by atoms with van der Waals surface area (Å²) in [6.45, 7) is 6.43. The molecule has 1 aromatic rings. The van der Waals surface area contributed by atoms with Gasteiger partial charge in [0.25, 0.3) is 0 Å². The van der Waals surface area contributed by atoms with Gasteiger partial charge in [-0.25, -0.2) is 9.18 Å². The molecule has 28 heavy (non-hydrogen) atoms. The lowest BCUT2D eigenvalue weighted by molar-refractivity contribution is -0.143. The van der Waals surface area contributed by atoms with E-state index in [1.165, 1.54) is 0 Å². The van der Waals surface area contributed by atoms with Crippen molar-refractivity contribution in [2.45, 2.75) is 69.4 Å². The van der Waals surface area contributed by atoms with Crippen molar-refractivity contribution in [3.05, 3.63) is 35.1 Å². The second-order valence-corrected chi connectivity index (χ2v) is 9.85. The molecular weight excluding hydrogens is 359 g/mol. The molecule has 2 amide bonds. The van der Waals surface area contributed by atoms with Crippen molar-refractivity contribution in [3.63, 3.8) is 0 Å². The van der Waals surface area contributed by atoms with Crippen LogP contribution in [0.5, 0.6) is 0 Å². The van der Waals surface area contributed by atoms with E-state index in [2.05, 4.69) is 5.32 Å². The Morgan fingerprint density at radius 2 is 1.96 bits per heavy atom. The fraction of sp³-hybridized carbons (Fsp3) is 0.636. The van der Waals surface area contributed by atoms with Gasteiger partial charge in [0, 0.05) is 19.0 Å². The van der Waals surface area contributed by atoms with Gasteiger partial charge >= 0.3 is 6.09 Å². The summed E-state index contributed by atoms with van der Waals surface area (Å²) in [7, 11) is 1.88. The van der Waals surface area contributed by atoms with Gasteiger partial charge in [-0.1, -0.05) is 32.9 Å². The smallest absolute Gasteiger partial charge is 0.407 e. The highest BCUT2D eigenvalue weighted by atomic mass is 19.1. The van der Waals surface area contributed by atoms with Gasteiger partial charge in [-0.2, -0.15) is 0 Å². The second-order valence-electron chi connectivity index (χ2n) is 9.85. The summed E-state index contributed by atoms with van der Waals surface area (Å²) >= 11 is 0. The third kappa shape index (κ3) is 3.27. The van der Waals surface area contributed by atoms with E-state index in [4.69, 9.17) is 4.74 Å². The standard InChI is InChI=1S/C22H29FN2O3/c1-21(2,3)17-9-13(5-6-18(17)23)14-7-16(8-14)25(4)19(26)15-10-22(11-15)12-28-20(27)24-22/h5-6,9,14-16H,7-8,10-12H2,1-4H3,(H,24,27)/t14-,15-,16+,22+. The molecule has 2 saturated carbocycles. The molecule has 152 valence electrons. The highest BCUT2D eigenvalue weighted by Gasteiger charge is 2.53. The number of amides is 2. The maximum absolute atomic E-state index is 14.2. The summed E-state index contributed by atoms with van der Waals surface area (Å²) in [4.78, 5) is 25.9. The van der Waals surface area contributed by atoms with E-state index in [0.717, 1.165) is 24.0 Å². The second kappa shape index (κ2) is 6.46. The molecule has 0 aromatic heterocycles. The quantitative estimate of drug-likeness (QED) is 0.859. The lowest BCUT2D eigenvalue weighted by Crippen LogP contribution is -2.59. The van der Waals surface area contributed by atoms with Crippen LogP contribution in [0.1, 0.15) is 63.5 Å². The molecule has 3 aliphatic rings. The van der Waals surface area contributed by atoms with Crippen molar-refractivity contribution in [1.29, 1.82) is 0 Å². The normalized spacial score (nSPS) is 31.6. The number of carbonyl (C=O) groups excluding carboxylic acids is 2. The molecule has 6 heteroatoms. The number of hydrogen-bond donors (Lipinski definition) is 1. The van der Waals surface area contributed by atoms with Crippen LogP contribution in [0.25, 0.3) is 0 Å². The molecule has 4 rings (SSSR count). The van der Waals surface area contributed by atoms with Crippen molar-refractivity contribution >= 4 is 12.0 Å². The van der Waals surface area contributed by atoms with Crippen molar-refractivity contribution in [2.75, 3.05) is 13.7 Å². The summed E-state index contributed by atoms with van der Waals surface area (Å²) in [5.74, 6) is 0.340. The Bertz CT molecular complexity index is 804. The number of nitrogens with zero attached hydrogens (tertiary/aromatic N) is 1. The van der Waals surface area contributed by atoms with Crippen molar-refractivity contribution in [1.82, 2.24) is 10.2 Å². The van der Waals surface area contributed by atoms with Gasteiger partial charge in [0.15, 0.2) is 0 Å². The van der Waals surface area contributed by atoms with Gasteiger partial charge in [-0.3, -0.25) is 4.79 Å². The Kier molecular flexibility index (Phi) is 4.43. The van der Waals surface area contributed by atoms with Crippen LogP contribution in [0.3, 0.4) is 0 Å². The van der Waals surface area contributed by atoms with Gasteiger partial charge < -0.3 is 15.0 Å². The van der Waals surface area contributed by atoms with Gasteiger partial charge in [0.1, 0.15) is 12.4 Å². The van der Waals surface area contributed by atoms with Gasteiger partial charge in [0.05, 0.1) is 5.54 Å².